The van der Waals surface area contributed by atoms with Crippen LogP contribution in [0.3, 0.4) is 0 Å². The van der Waals surface area contributed by atoms with Crippen LogP contribution in [0.5, 0.6) is 0 Å². The van der Waals surface area contributed by atoms with Crippen LogP contribution in [0.15, 0.2) is 6.20 Å². The Bertz CT molecular complexity index is 289. The molecule has 0 aromatic carbocycles. The van der Waals surface area contributed by atoms with Crippen molar-refractivity contribution in [3.8, 4) is 0 Å². The van der Waals surface area contributed by atoms with Crippen LogP contribution in [0.2, 0.25) is 0 Å². The van der Waals surface area contributed by atoms with Crippen LogP contribution in [0.1, 0.15) is 29.7 Å². The minimum absolute atomic E-state index is 0.0875. The number of nitrogens with one attached hydrogen (secondary N) is 1. The molecule has 0 fully saturated rings. The van der Waals surface area contributed by atoms with Gasteiger partial charge in [0.25, 0.3) is 0 Å². The monoisotopic (exact) mass is 244 g/mol. The standard InChI is InChI=1S/C11H20N2O2S/c1-9(2)10-7-13-11(16-10)8-12-3-5-15-6-4-14/h7,9,12,14H,3-6,8H2,1-2H3. The number of aromatic nitrogens is 1. The molecule has 1 aromatic heterocycles. The van der Waals surface area contributed by atoms with E-state index in [1.807, 2.05) is 6.20 Å². The van der Waals surface area contributed by atoms with E-state index in [2.05, 4.69) is 24.1 Å². The molecule has 0 bridgehead atoms. The largest absolute Gasteiger partial charge is 0.394 e. The summed E-state index contributed by atoms with van der Waals surface area (Å²) in [6, 6.07) is 0. The van der Waals surface area contributed by atoms with Crippen LogP contribution in [-0.4, -0.2) is 36.5 Å². The minimum atomic E-state index is 0.0875. The van der Waals surface area contributed by atoms with E-state index in [1.165, 1.54) is 4.88 Å². The van der Waals surface area contributed by atoms with E-state index in [0.717, 1.165) is 18.1 Å². The zero-order valence-corrected chi connectivity index (χ0v) is 10.7. The molecule has 92 valence electrons. The van der Waals surface area contributed by atoms with E-state index < -0.39 is 0 Å². The average molecular weight is 244 g/mol. The summed E-state index contributed by atoms with van der Waals surface area (Å²) < 4.78 is 5.13. The number of aliphatic hydroxyl groups excluding tert-OH is 1. The van der Waals surface area contributed by atoms with Crippen LogP contribution in [0.25, 0.3) is 0 Å². The second kappa shape index (κ2) is 7.73. The van der Waals surface area contributed by atoms with Crippen molar-refractivity contribution in [1.82, 2.24) is 10.3 Å². The maximum atomic E-state index is 8.50. The van der Waals surface area contributed by atoms with Crippen LogP contribution in [-0.2, 0) is 11.3 Å². The van der Waals surface area contributed by atoms with Crippen LogP contribution < -0.4 is 5.32 Å². The highest BCUT2D eigenvalue weighted by Crippen LogP contribution is 2.21. The van der Waals surface area contributed by atoms with Crippen molar-refractivity contribution in [3.63, 3.8) is 0 Å². The molecule has 0 spiro atoms. The molecule has 1 rings (SSSR count). The van der Waals surface area contributed by atoms with E-state index >= 15 is 0 Å². The number of ether oxygens (including phenoxy) is 1. The van der Waals surface area contributed by atoms with E-state index in [4.69, 9.17) is 9.84 Å². The van der Waals surface area contributed by atoms with Crippen molar-refractivity contribution in [2.24, 2.45) is 0 Å². The summed E-state index contributed by atoms with van der Waals surface area (Å²) in [5, 5.41) is 12.9. The third-order valence-corrected chi connectivity index (χ3v) is 3.37. The van der Waals surface area contributed by atoms with Crippen molar-refractivity contribution in [3.05, 3.63) is 16.1 Å². The molecular formula is C11H20N2O2S. The molecule has 5 heteroatoms. The Labute approximate surface area is 101 Å². The van der Waals surface area contributed by atoms with Gasteiger partial charge in [-0.2, -0.15) is 0 Å². The van der Waals surface area contributed by atoms with Gasteiger partial charge < -0.3 is 15.2 Å². The number of aliphatic hydroxyl groups is 1. The summed E-state index contributed by atoms with van der Waals surface area (Å²) in [5.74, 6) is 0.555. The van der Waals surface area contributed by atoms with Gasteiger partial charge in [0.15, 0.2) is 0 Å². The van der Waals surface area contributed by atoms with Crippen LogP contribution in [0, 0.1) is 0 Å². The molecule has 1 aromatic rings. The lowest BCUT2D eigenvalue weighted by molar-refractivity contribution is 0.0938. The van der Waals surface area contributed by atoms with E-state index in [0.29, 0.717) is 19.1 Å². The molecule has 0 radical (unpaired) electrons. The quantitative estimate of drug-likeness (QED) is 0.678. The molecule has 1 heterocycles. The first-order valence-corrected chi connectivity index (χ1v) is 6.39. The lowest BCUT2D eigenvalue weighted by atomic mass is 10.2. The van der Waals surface area contributed by atoms with Gasteiger partial charge in [-0.3, -0.25) is 0 Å². The molecule has 0 aliphatic heterocycles. The SMILES string of the molecule is CC(C)c1cnc(CNCCOCCO)s1. The van der Waals surface area contributed by atoms with Gasteiger partial charge in [0.05, 0.1) is 19.8 Å². The molecule has 0 amide bonds. The number of rotatable bonds is 8. The van der Waals surface area contributed by atoms with Crippen LogP contribution in [0.4, 0.5) is 0 Å². The van der Waals surface area contributed by atoms with Crippen molar-refractivity contribution in [1.29, 1.82) is 0 Å². The fourth-order valence-corrected chi connectivity index (χ4v) is 2.07. The van der Waals surface area contributed by atoms with Crippen molar-refractivity contribution in [2.45, 2.75) is 26.3 Å². The van der Waals surface area contributed by atoms with Gasteiger partial charge in [-0.1, -0.05) is 13.8 Å². The second-order valence-corrected chi connectivity index (χ2v) is 4.97. The summed E-state index contributed by atoms with van der Waals surface area (Å²) >= 11 is 1.75. The summed E-state index contributed by atoms with van der Waals surface area (Å²) in [6.45, 7) is 7.06. The zero-order valence-electron chi connectivity index (χ0n) is 9.90. The first-order valence-electron chi connectivity index (χ1n) is 5.58. The second-order valence-electron chi connectivity index (χ2n) is 3.82. The smallest absolute Gasteiger partial charge is 0.107 e. The van der Waals surface area contributed by atoms with E-state index in [9.17, 15) is 0 Å². The summed E-state index contributed by atoms with van der Waals surface area (Å²) in [5.41, 5.74) is 0. The lowest BCUT2D eigenvalue weighted by Crippen LogP contribution is -2.19. The first kappa shape index (κ1) is 13.6. The first-order chi connectivity index (χ1) is 7.74. The number of hydrogen-bond acceptors (Lipinski definition) is 5. The molecular weight excluding hydrogens is 224 g/mol. The molecule has 0 saturated carbocycles. The zero-order chi connectivity index (χ0) is 11.8. The molecule has 0 atom stereocenters. The number of thiazole rings is 1. The number of nitrogens with zero attached hydrogens (tertiary/aromatic N) is 1. The van der Waals surface area contributed by atoms with Crippen LogP contribution >= 0.6 is 11.3 Å². The Hall–Kier alpha value is -0.490. The Balaban J connectivity index is 2.12. The van der Waals surface area contributed by atoms with Gasteiger partial charge in [0, 0.05) is 24.2 Å². The number of hydrogen-bond donors (Lipinski definition) is 2. The summed E-state index contributed by atoms with van der Waals surface area (Å²) in [6.07, 6.45) is 1.95. The van der Waals surface area contributed by atoms with Gasteiger partial charge >= 0.3 is 0 Å². The summed E-state index contributed by atoms with van der Waals surface area (Å²) in [7, 11) is 0. The van der Waals surface area contributed by atoms with Crippen molar-refractivity contribution in [2.75, 3.05) is 26.4 Å². The fourth-order valence-electron chi connectivity index (χ4n) is 1.18. The van der Waals surface area contributed by atoms with Gasteiger partial charge in [0.2, 0.25) is 0 Å². The molecule has 0 saturated heterocycles. The maximum absolute atomic E-state index is 8.50. The molecule has 0 aliphatic rings. The maximum Gasteiger partial charge on any atom is 0.107 e. The Morgan fingerprint density at radius 1 is 1.50 bits per heavy atom. The van der Waals surface area contributed by atoms with Gasteiger partial charge in [0.1, 0.15) is 5.01 Å². The highest BCUT2D eigenvalue weighted by atomic mass is 32.1. The van der Waals surface area contributed by atoms with Gasteiger partial charge in [-0.25, -0.2) is 4.98 Å². The lowest BCUT2D eigenvalue weighted by Gasteiger charge is -2.03. The van der Waals surface area contributed by atoms with Crippen molar-refractivity contribution >= 4 is 11.3 Å². The average Bonchev–Trinajstić information content (AvgIpc) is 2.72. The Morgan fingerprint density at radius 2 is 2.31 bits per heavy atom. The molecule has 16 heavy (non-hydrogen) atoms. The van der Waals surface area contributed by atoms with Gasteiger partial charge in [-0.05, 0) is 5.92 Å². The van der Waals surface area contributed by atoms with Gasteiger partial charge in [-0.15, -0.1) is 11.3 Å². The van der Waals surface area contributed by atoms with Crippen molar-refractivity contribution < 1.29 is 9.84 Å². The molecule has 2 N–H and O–H groups in total. The predicted molar refractivity (Wildman–Crippen MR) is 65.8 cm³/mol. The topological polar surface area (TPSA) is 54.4 Å². The molecule has 4 nitrogen and oxygen atoms in total. The Morgan fingerprint density at radius 3 is 2.94 bits per heavy atom. The highest BCUT2D eigenvalue weighted by Gasteiger charge is 2.04. The fraction of sp³-hybridized carbons (Fsp3) is 0.727. The Kier molecular flexibility index (Phi) is 6.56. The molecule has 0 unspecified atom stereocenters. The predicted octanol–water partition coefficient (Wildman–Crippen LogP) is 1.36. The normalized spacial score (nSPS) is 11.2. The minimum Gasteiger partial charge on any atom is -0.394 e. The molecule has 0 aliphatic carbocycles. The highest BCUT2D eigenvalue weighted by molar-refractivity contribution is 7.11. The third kappa shape index (κ3) is 5.03. The van der Waals surface area contributed by atoms with E-state index in [-0.39, 0.29) is 6.61 Å². The summed E-state index contributed by atoms with van der Waals surface area (Å²) in [4.78, 5) is 5.67. The van der Waals surface area contributed by atoms with E-state index in [1.54, 1.807) is 11.3 Å². The third-order valence-electron chi connectivity index (χ3n) is 2.08.